The summed E-state index contributed by atoms with van der Waals surface area (Å²) in [6.45, 7) is 11.2. The number of halogens is 2. The lowest BCUT2D eigenvalue weighted by molar-refractivity contribution is 0.253. The lowest BCUT2D eigenvalue weighted by Crippen LogP contribution is -2.64. The maximum absolute atomic E-state index is 6.08. The van der Waals surface area contributed by atoms with Crippen LogP contribution in [0.2, 0.25) is 5.02 Å². The van der Waals surface area contributed by atoms with Crippen molar-refractivity contribution in [1.29, 1.82) is 0 Å². The number of benzene rings is 1. The Hall–Kier alpha value is -0.250. The van der Waals surface area contributed by atoms with Gasteiger partial charge in [0.15, 0.2) is 0 Å². The van der Waals surface area contributed by atoms with Crippen LogP contribution in [-0.4, -0.2) is 24.7 Å². The monoisotopic (exact) mass is 358 g/mol. The van der Waals surface area contributed by atoms with Gasteiger partial charge in [-0.25, -0.2) is 0 Å². The van der Waals surface area contributed by atoms with Gasteiger partial charge in [0.05, 0.1) is 5.69 Å². The number of piperazine rings is 1. The Morgan fingerprint density at radius 3 is 2.75 bits per heavy atom. The Labute approximate surface area is 136 Å². The minimum Gasteiger partial charge on any atom is -0.364 e. The van der Waals surface area contributed by atoms with Crippen LogP contribution in [0.4, 0.5) is 5.69 Å². The van der Waals surface area contributed by atoms with E-state index in [0.717, 1.165) is 29.0 Å². The highest BCUT2D eigenvalue weighted by molar-refractivity contribution is 9.10. The summed E-state index contributed by atoms with van der Waals surface area (Å²) in [7, 11) is 0. The smallest absolute Gasteiger partial charge is 0.0515 e. The van der Waals surface area contributed by atoms with Gasteiger partial charge in [0, 0.05) is 34.2 Å². The van der Waals surface area contributed by atoms with Crippen LogP contribution in [0.3, 0.4) is 0 Å². The molecule has 0 saturated carbocycles. The first kappa shape index (κ1) is 16.1. The molecule has 1 saturated heterocycles. The summed E-state index contributed by atoms with van der Waals surface area (Å²) in [5.41, 5.74) is 1.42. The summed E-state index contributed by atoms with van der Waals surface area (Å²) in [5.74, 6) is 0.603. The second-order valence-corrected chi connectivity index (χ2v) is 7.62. The second kappa shape index (κ2) is 6.25. The number of rotatable bonds is 3. The molecule has 2 rings (SSSR count). The predicted molar refractivity (Wildman–Crippen MR) is 91.8 cm³/mol. The normalized spacial score (nSPS) is 27.1. The molecule has 0 spiro atoms. The molecular weight excluding hydrogens is 336 g/mol. The van der Waals surface area contributed by atoms with E-state index in [1.807, 2.05) is 12.1 Å². The molecule has 0 radical (unpaired) electrons. The molecule has 1 aliphatic rings. The van der Waals surface area contributed by atoms with Crippen LogP contribution in [0.5, 0.6) is 0 Å². The van der Waals surface area contributed by atoms with E-state index in [2.05, 4.69) is 59.9 Å². The summed E-state index contributed by atoms with van der Waals surface area (Å²) in [6.07, 6.45) is 1.12. The quantitative estimate of drug-likeness (QED) is 0.841. The van der Waals surface area contributed by atoms with Crippen LogP contribution in [0.1, 0.15) is 34.1 Å². The minimum absolute atomic E-state index is 0.171. The van der Waals surface area contributed by atoms with Crippen molar-refractivity contribution in [1.82, 2.24) is 5.32 Å². The second-order valence-electron chi connectivity index (χ2n) is 6.33. The fraction of sp³-hybridized carbons (Fsp3) is 0.625. The Morgan fingerprint density at radius 2 is 2.20 bits per heavy atom. The molecule has 0 amide bonds. The van der Waals surface area contributed by atoms with E-state index < -0.39 is 0 Å². The molecule has 2 atom stereocenters. The van der Waals surface area contributed by atoms with E-state index >= 15 is 0 Å². The first-order chi connectivity index (χ1) is 9.36. The standard InChI is InChI=1S/C16H24BrClN2/c1-5-16(4)10-20(15(9-19-16)11(2)3)14-7-6-12(18)8-13(14)17/h6-8,11,15,19H,5,9-10H2,1-4H3. The fourth-order valence-electron chi connectivity index (χ4n) is 2.82. The van der Waals surface area contributed by atoms with Crippen LogP contribution in [0.15, 0.2) is 22.7 Å². The van der Waals surface area contributed by atoms with E-state index in [1.54, 1.807) is 0 Å². The van der Waals surface area contributed by atoms with Crippen molar-refractivity contribution in [2.24, 2.45) is 5.92 Å². The molecule has 1 heterocycles. The zero-order valence-corrected chi connectivity index (χ0v) is 15.1. The average molecular weight is 360 g/mol. The third-order valence-electron chi connectivity index (χ3n) is 4.43. The van der Waals surface area contributed by atoms with E-state index in [4.69, 9.17) is 11.6 Å². The lowest BCUT2D eigenvalue weighted by Gasteiger charge is -2.49. The molecule has 112 valence electrons. The molecular formula is C16H24BrClN2. The summed E-state index contributed by atoms with van der Waals surface area (Å²) in [6, 6.07) is 6.60. The molecule has 0 aromatic heterocycles. The average Bonchev–Trinajstić information content (AvgIpc) is 2.38. The predicted octanol–water partition coefficient (Wildman–Crippen LogP) is 4.71. The maximum atomic E-state index is 6.08. The molecule has 20 heavy (non-hydrogen) atoms. The molecule has 2 nitrogen and oxygen atoms in total. The Kier molecular flexibility index (Phi) is 5.04. The van der Waals surface area contributed by atoms with E-state index in [9.17, 15) is 0 Å². The zero-order valence-electron chi connectivity index (χ0n) is 12.7. The molecule has 0 bridgehead atoms. The number of nitrogens with one attached hydrogen (secondary N) is 1. The van der Waals surface area contributed by atoms with Crippen molar-refractivity contribution in [2.45, 2.75) is 45.7 Å². The van der Waals surface area contributed by atoms with Gasteiger partial charge < -0.3 is 10.2 Å². The van der Waals surface area contributed by atoms with Gasteiger partial charge in [-0.2, -0.15) is 0 Å². The maximum Gasteiger partial charge on any atom is 0.0515 e. The molecule has 1 aliphatic heterocycles. The van der Waals surface area contributed by atoms with Gasteiger partial charge in [0.25, 0.3) is 0 Å². The van der Waals surface area contributed by atoms with Crippen molar-refractivity contribution in [3.8, 4) is 0 Å². The largest absolute Gasteiger partial charge is 0.364 e. The summed E-state index contributed by atoms with van der Waals surface area (Å²) >= 11 is 9.75. The van der Waals surface area contributed by atoms with Gasteiger partial charge in [0.2, 0.25) is 0 Å². The Balaban J connectivity index is 2.36. The molecule has 1 N–H and O–H groups in total. The van der Waals surface area contributed by atoms with E-state index in [0.29, 0.717) is 12.0 Å². The van der Waals surface area contributed by atoms with Crippen LogP contribution < -0.4 is 10.2 Å². The summed E-state index contributed by atoms with van der Waals surface area (Å²) in [5, 5.41) is 4.50. The molecule has 2 unspecified atom stereocenters. The Bertz CT molecular complexity index is 478. The van der Waals surface area contributed by atoms with Crippen LogP contribution in [-0.2, 0) is 0 Å². The van der Waals surface area contributed by atoms with Crippen molar-refractivity contribution in [2.75, 3.05) is 18.0 Å². The Morgan fingerprint density at radius 1 is 1.50 bits per heavy atom. The van der Waals surface area contributed by atoms with Gasteiger partial charge in [-0.15, -0.1) is 0 Å². The van der Waals surface area contributed by atoms with Crippen LogP contribution in [0, 0.1) is 5.92 Å². The van der Waals surface area contributed by atoms with Gasteiger partial charge in [-0.1, -0.05) is 32.4 Å². The van der Waals surface area contributed by atoms with Crippen LogP contribution >= 0.6 is 27.5 Å². The SMILES string of the molecule is CCC1(C)CN(c2ccc(Cl)cc2Br)C(C(C)C)CN1. The van der Waals surface area contributed by atoms with Crippen molar-refractivity contribution >= 4 is 33.2 Å². The van der Waals surface area contributed by atoms with Gasteiger partial charge in [-0.3, -0.25) is 0 Å². The topological polar surface area (TPSA) is 15.3 Å². The number of nitrogens with zero attached hydrogens (tertiary/aromatic N) is 1. The summed E-state index contributed by atoms with van der Waals surface area (Å²) in [4.78, 5) is 2.53. The fourth-order valence-corrected chi connectivity index (χ4v) is 3.73. The third-order valence-corrected chi connectivity index (χ3v) is 5.30. The van der Waals surface area contributed by atoms with Gasteiger partial charge >= 0.3 is 0 Å². The number of hydrogen-bond acceptors (Lipinski definition) is 2. The van der Waals surface area contributed by atoms with E-state index in [1.165, 1.54) is 5.69 Å². The first-order valence-electron chi connectivity index (χ1n) is 7.33. The molecule has 0 aliphatic carbocycles. The van der Waals surface area contributed by atoms with Gasteiger partial charge in [-0.05, 0) is 53.4 Å². The van der Waals surface area contributed by atoms with Crippen LogP contribution in [0.25, 0.3) is 0 Å². The number of anilines is 1. The molecule has 1 aromatic rings. The highest BCUT2D eigenvalue weighted by Gasteiger charge is 2.36. The highest BCUT2D eigenvalue weighted by Crippen LogP contribution is 2.34. The number of hydrogen-bond donors (Lipinski definition) is 1. The molecule has 1 aromatic carbocycles. The zero-order chi connectivity index (χ0) is 14.9. The third kappa shape index (κ3) is 3.32. The van der Waals surface area contributed by atoms with E-state index in [-0.39, 0.29) is 5.54 Å². The lowest BCUT2D eigenvalue weighted by atomic mass is 9.89. The molecule has 1 fully saturated rings. The van der Waals surface area contributed by atoms with Crippen molar-refractivity contribution in [3.63, 3.8) is 0 Å². The highest BCUT2D eigenvalue weighted by atomic mass is 79.9. The van der Waals surface area contributed by atoms with Crippen molar-refractivity contribution < 1.29 is 0 Å². The minimum atomic E-state index is 0.171. The van der Waals surface area contributed by atoms with Crippen molar-refractivity contribution in [3.05, 3.63) is 27.7 Å². The van der Waals surface area contributed by atoms with Gasteiger partial charge in [0.1, 0.15) is 0 Å². The molecule has 4 heteroatoms. The first-order valence-corrected chi connectivity index (χ1v) is 8.50. The summed E-state index contributed by atoms with van der Waals surface area (Å²) < 4.78 is 1.08.